The molecule has 0 aliphatic carbocycles. The third-order valence-corrected chi connectivity index (χ3v) is 5.07. The molecule has 7 nitrogen and oxygen atoms in total. The van der Waals surface area contributed by atoms with E-state index in [0.29, 0.717) is 31.8 Å². The van der Waals surface area contributed by atoms with Gasteiger partial charge in [-0.2, -0.15) is 11.8 Å². The van der Waals surface area contributed by atoms with Gasteiger partial charge in [-0.25, -0.2) is 4.79 Å². The number of nitrogens with two attached hydrogens (primary N) is 1. The van der Waals surface area contributed by atoms with Crippen LogP contribution in [-0.4, -0.2) is 70.0 Å². The van der Waals surface area contributed by atoms with Crippen molar-refractivity contribution in [3.8, 4) is 0 Å². The number of rotatable bonds is 3. The summed E-state index contributed by atoms with van der Waals surface area (Å²) in [5.74, 6) is -0.0994. The number of piperidine rings is 1. The quantitative estimate of drug-likeness (QED) is 0.774. The lowest BCUT2D eigenvalue weighted by molar-refractivity contribution is -0.138. The third kappa shape index (κ3) is 4.03. The number of nitrogens with zero attached hydrogens (tertiary/aromatic N) is 2. The van der Waals surface area contributed by atoms with E-state index in [2.05, 4.69) is 0 Å². The fourth-order valence-corrected chi connectivity index (χ4v) is 3.90. The van der Waals surface area contributed by atoms with Crippen molar-refractivity contribution >= 4 is 29.7 Å². The van der Waals surface area contributed by atoms with Gasteiger partial charge in [-0.3, -0.25) is 9.59 Å². The van der Waals surface area contributed by atoms with E-state index in [1.807, 2.05) is 0 Å². The summed E-state index contributed by atoms with van der Waals surface area (Å²) < 4.78 is 0. The second kappa shape index (κ2) is 7.02. The minimum absolute atomic E-state index is 0.0359. The van der Waals surface area contributed by atoms with Gasteiger partial charge < -0.3 is 20.6 Å². The number of carbonyl (C=O) groups is 3. The normalized spacial score (nSPS) is 26.5. The molecular formula is C13H21N3O4S. The molecule has 3 N–H and O–H groups in total. The van der Waals surface area contributed by atoms with Gasteiger partial charge in [0.25, 0.3) is 0 Å². The number of carbonyl (C=O) groups excluding carboxylic acids is 2. The van der Waals surface area contributed by atoms with Gasteiger partial charge in [0.1, 0.15) is 0 Å². The van der Waals surface area contributed by atoms with E-state index in [1.165, 1.54) is 0 Å². The zero-order valence-corrected chi connectivity index (χ0v) is 12.7. The molecule has 3 amide bonds. The van der Waals surface area contributed by atoms with E-state index >= 15 is 0 Å². The molecule has 0 spiro atoms. The number of urea groups is 1. The number of amides is 3. The zero-order valence-electron chi connectivity index (χ0n) is 11.9. The summed E-state index contributed by atoms with van der Waals surface area (Å²) in [7, 11) is 0. The van der Waals surface area contributed by atoms with E-state index < -0.39 is 5.97 Å². The van der Waals surface area contributed by atoms with Crippen molar-refractivity contribution in [3.05, 3.63) is 0 Å². The van der Waals surface area contributed by atoms with Gasteiger partial charge in [0.2, 0.25) is 5.91 Å². The van der Waals surface area contributed by atoms with Crippen molar-refractivity contribution in [2.24, 2.45) is 11.7 Å². The van der Waals surface area contributed by atoms with Gasteiger partial charge in [0.15, 0.2) is 0 Å². The molecular weight excluding hydrogens is 294 g/mol. The summed E-state index contributed by atoms with van der Waals surface area (Å²) >= 11 is 1.67. The van der Waals surface area contributed by atoms with E-state index in [1.54, 1.807) is 21.6 Å². The summed E-state index contributed by atoms with van der Waals surface area (Å²) in [6, 6.07) is -0.435. The predicted molar refractivity (Wildman–Crippen MR) is 79.0 cm³/mol. The molecule has 2 unspecified atom stereocenters. The molecule has 2 saturated heterocycles. The van der Waals surface area contributed by atoms with Crippen LogP contribution in [0.1, 0.15) is 19.3 Å². The number of hydrogen-bond donors (Lipinski definition) is 2. The summed E-state index contributed by atoms with van der Waals surface area (Å²) in [4.78, 5) is 38.1. The molecule has 0 radical (unpaired) electrons. The average Bonchev–Trinajstić information content (AvgIpc) is 2.46. The van der Waals surface area contributed by atoms with Crippen LogP contribution in [0.2, 0.25) is 0 Å². The molecule has 0 aromatic heterocycles. The van der Waals surface area contributed by atoms with Crippen molar-refractivity contribution in [3.63, 3.8) is 0 Å². The molecule has 2 heterocycles. The first-order valence-electron chi connectivity index (χ1n) is 7.13. The maximum atomic E-state index is 12.6. The van der Waals surface area contributed by atoms with E-state index in [4.69, 9.17) is 10.8 Å². The molecule has 21 heavy (non-hydrogen) atoms. The van der Waals surface area contributed by atoms with E-state index in [-0.39, 0.29) is 30.3 Å². The topological polar surface area (TPSA) is 104 Å². The van der Waals surface area contributed by atoms with Gasteiger partial charge in [-0.1, -0.05) is 0 Å². The smallest absolute Gasteiger partial charge is 0.320 e. The highest BCUT2D eigenvalue weighted by Gasteiger charge is 2.34. The van der Waals surface area contributed by atoms with Gasteiger partial charge in [-0.15, -0.1) is 0 Å². The van der Waals surface area contributed by atoms with Crippen LogP contribution >= 0.6 is 11.8 Å². The summed E-state index contributed by atoms with van der Waals surface area (Å²) in [5, 5.41) is 8.97. The fourth-order valence-electron chi connectivity index (χ4n) is 2.84. The van der Waals surface area contributed by atoms with Crippen molar-refractivity contribution in [1.29, 1.82) is 0 Å². The monoisotopic (exact) mass is 315 g/mol. The van der Waals surface area contributed by atoms with Crippen LogP contribution in [0.3, 0.4) is 0 Å². The van der Waals surface area contributed by atoms with E-state index in [0.717, 1.165) is 12.2 Å². The molecule has 8 heteroatoms. The fraction of sp³-hybridized carbons (Fsp3) is 0.769. The number of carboxylic acids is 1. The van der Waals surface area contributed by atoms with E-state index in [9.17, 15) is 14.4 Å². The molecule has 2 aliphatic heterocycles. The molecule has 0 aromatic carbocycles. The first kappa shape index (κ1) is 15.9. The second-order valence-electron chi connectivity index (χ2n) is 5.49. The number of likely N-dealkylation sites (tertiary alicyclic amines) is 1. The average molecular weight is 315 g/mol. The van der Waals surface area contributed by atoms with Crippen molar-refractivity contribution < 1.29 is 19.5 Å². The van der Waals surface area contributed by atoms with Gasteiger partial charge in [0.05, 0.1) is 18.4 Å². The molecule has 0 bridgehead atoms. The van der Waals surface area contributed by atoms with Crippen molar-refractivity contribution in [2.75, 3.05) is 31.1 Å². The first-order valence-corrected chi connectivity index (χ1v) is 8.29. The highest BCUT2D eigenvalue weighted by molar-refractivity contribution is 7.99. The molecule has 0 aromatic rings. The first-order chi connectivity index (χ1) is 9.99. The lowest BCUT2D eigenvalue weighted by Gasteiger charge is -2.40. The Bertz CT molecular complexity index is 432. The number of thioether (sulfide) groups is 1. The Morgan fingerprint density at radius 1 is 1.29 bits per heavy atom. The van der Waals surface area contributed by atoms with Crippen molar-refractivity contribution in [1.82, 2.24) is 9.80 Å². The molecule has 2 rings (SSSR count). The summed E-state index contributed by atoms with van der Waals surface area (Å²) in [6.45, 7) is 1.50. The number of hydrogen-bond acceptors (Lipinski definition) is 4. The Labute approximate surface area is 127 Å². The van der Waals surface area contributed by atoms with Crippen LogP contribution < -0.4 is 5.73 Å². The SMILES string of the molecule is NC(=O)C1CCCN(C(=O)N2CCSCC2CC(=O)O)C1. The molecule has 2 atom stereocenters. The van der Waals surface area contributed by atoms with Crippen LogP contribution in [0, 0.1) is 5.92 Å². The lowest BCUT2D eigenvalue weighted by Crippen LogP contribution is -2.55. The lowest BCUT2D eigenvalue weighted by atomic mass is 9.98. The summed E-state index contributed by atoms with van der Waals surface area (Å²) in [5.41, 5.74) is 5.33. The Balaban J connectivity index is 2.02. The molecule has 2 aliphatic rings. The largest absolute Gasteiger partial charge is 0.481 e. The highest BCUT2D eigenvalue weighted by atomic mass is 32.2. The minimum atomic E-state index is -0.894. The summed E-state index contributed by atoms with van der Waals surface area (Å²) in [6.07, 6.45) is 1.44. The third-order valence-electron chi connectivity index (χ3n) is 3.98. The zero-order chi connectivity index (χ0) is 15.4. The second-order valence-corrected chi connectivity index (χ2v) is 6.64. The van der Waals surface area contributed by atoms with Gasteiger partial charge >= 0.3 is 12.0 Å². The van der Waals surface area contributed by atoms with Gasteiger partial charge in [0, 0.05) is 31.1 Å². The number of carboxylic acid groups (broad SMARTS) is 1. The van der Waals surface area contributed by atoms with Crippen LogP contribution in [0.25, 0.3) is 0 Å². The molecule has 118 valence electrons. The van der Waals surface area contributed by atoms with Gasteiger partial charge in [-0.05, 0) is 12.8 Å². The Hall–Kier alpha value is -1.44. The minimum Gasteiger partial charge on any atom is -0.481 e. The number of aliphatic carboxylic acids is 1. The molecule has 0 saturated carbocycles. The van der Waals surface area contributed by atoms with Crippen LogP contribution in [-0.2, 0) is 9.59 Å². The van der Waals surface area contributed by atoms with Crippen LogP contribution in [0.5, 0.6) is 0 Å². The Morgan fingerprint density at radius 2 is 2.05 bits per heavy atom. The number of primary amides is 1. The Morgan fingerprint density at radius 3 is 2.71 bits per heavy atom. The van der Waals surface area contributed by atoms with Crippen LogP contribution in [0.4, 0.5) is 4.79 Å². The maximum absolute atomic E-state index is 12.6. The van der Waals surface area contributed by atoms with Crippen LogP contribution in [0.15, 0.2) is 0 Å². The highest BCUT2D eigenvalue weighted by Crippen LogP contribution is 2.23. The predicted octanol–water partition coefficient (Wildman–Crippen LogP) is 0.196. The maximum Gasteiger partial charge on any atom is 0.320 e. The molecule has 2 fully saturated rings. The standard InChI is InChI=1S/C13H21N3O4S/c14-12(19)9-2-1-3-15(7-9)13(20)16-4-5-21-8-10(16)6-11(17)18/h9-10H,1-8H2,(H2,14,19)(H,17,18). The Kier molecular flexibility index (Phi) is 5.33. The van der Waals surface area contributed by atoms with Crippen molar-refractivity contribution in [2.45, 2.75) is 25.3 Å².